The molecule has 0 aliphatic rings. The topological polar surface area (TPSA) is 128 Å². The lowest BCUT2D eigenvalue weighted by Crippen LogP contribution is -2.30. The minimum absolute atomic E-state index is 0.0272. The highest BCUT2D eigenvalue weighted by Gasteiger charge is 2.16. The SMILES string of the molecule is COc1ccccc1C=C(NC(=O)c1ccc(C)cc1)C(=O)Nc1ccc(S(N)(=O)=O)cc1. The molecule has 0 unspecified atom stereocenters. The lowest BCUT2D eigenvalue weighted by atomic mass is 10.1. The maximum absolute atomic E-state index is 13.0. The van der Waals surface area contributed by atoms with Crippen LogP contribution >= 0.6 is 0 Å². The van der Waals surface area contributed by atoms with Crippen LogP contribution < -0.4 is 20.5 Å². The van der Waals surface area contributed by atoms with Crippen molar-refractivity contribution < 1.29 is 22.7 Å². The van der Waals surface area contributed by atoms with Crippen molar-refractivity contribution in [2.75, 3.05) is 12.4 Å². The van der Waals surface area contributed by atoms with E-state index in [0.717, 1.165) is 5.56 Å². The molecule has 3 rings (SSSR count). The van der Waals surface area contributed by atoms with E-state index in [1.54, 1.807) is 48.5 Å². The molecule has 3 aromatic carbocycles. The monoisotopic (exact) mass is 465 g/mol. The second kappa shape index (κ2) is 10.1. The van der Waals surface area contributed by atoms with Gasteiger partial charge in [-0.05, 0) is 55.5 Å². The summed E-state index contributed by atoms with van der Waals surface area (Å²) in [7, 11) is -2.35. The van der Waals surface area contributed by atoms with E-state index in [1.165, 1.54) is 37.5 Å². The normalized spacial score (nSPS) is 11.5. The Morgan fingerprint density at radius 1 is 0.939 bits per heavy atom. The zero-order valence-corrected chi connectivity index (χ0v) is 18.8. The third-order valence-corrected chi connectivity index (χ3v) is 5.62. The molecule has 2 amide bonds. The van der Waals surface area contributed by atoms with Gasteiger partial charge in [0, 0.05) is 16.8 Å². The predicted octanol–water partition coefficient (Wildman–Crippen LogP) is 3.06. The van der Waals surface area contributed by atoms with Gasteiger partial charge in [-0.3, -0.25) is 9.59 Å². The molecule has 9 heteroatoms. The molecule has 0 aromatic heterocycles. The molecule has 0 aliphatic carbocycles. The fourth-order valence-electron chi connectivity index (χ4n) is 2.93. The molecule has 33 heavy (non-hydrogen) atoms. The first-order chi connectivity index (χ1) is 15.7. The number of para-hydroxylation sites is 1. The van der Waals surface area contributed by atoms with Gasteiger partial charge in [0.1, 0.15) is 11.4 Å². The highest BCUT2D eigenvalue weighted by Crippen LogP contribution is 2.21. The van der Waals surface area contributed by atoms with Crippen LogP contribution in [0.4, 0.5) is 5.69 Å². The van der Waals surface area contributed by atoms with Gasteiger partial charge in [-0.1, -0.05) is 35.9 Å². The van der Waals surface area contributed by atoms with Crippen LogP contribution in [-0.2, 0) is 14.8 Å². The summed E-state index contributed by atoms with van der Waals surface area (Å²) in [6.45, 7) is 1.91. The number of nitrogens with two attached hydrogens (primary N) is 1. The highest BCUT2D eigenvalue weighted by atomic mass is 32.2. The van der Waals surface area contributed by atoms with Crippen LogP contribution in [0, 0.1) is 6.92 Å². The molecule has 0 fully saturated rings. The number of hydrogen-bond donors (Lipinski definition) is 3. The third kappa shape index (κ3) is 6.28. The average Bonchev–Trinajstić information content (AvgIpc) is 2.79. The minimum Gasteiger partial charge on any atom is -0.496 e. The van der Waals surface area contributed by atoms with Crippen molar-refractivity contribution >= 4 is 33.6 Å². The number of rotatable bonds is 7. The van der Waals surface area contributed by atoms with E-state index in [1.807, 2.05) is 6.92 Å². The number of methoxy groups -OCH3 is 1. The average molecular weight is 466 g/mol. The maximum atomic E-state index is 13.0. The summed E-state index contributed by atoms with van der Waals surface area (Å²) < 4.78 is 28.2. The number of aryl methyl sites for hydroxylation is 1. The molecule has 0 radical (unpaired) electrons. The van der Waals surface area contributed by atoms with Crippen molar-refractivity contribution in [2.24, 2.45) is 5.14 Å². The fraction of sp³-hybridized carbons (Fsp3) is 0.0833. The molecule has 8 nitrogen and oxygen atoms in total. The number of anilines is 1. The standard InChI is InChI=1S/C24H23N3O5S/c1-16-7-9-17(10-8-16)23(28)27-21(15-18-5-3-4-6-22(18)32-2)24(29)26-19-11-13-20(14-12-19)33(25,30)31/h3-15H,1-2H3,(H,26,29)(H,27,28)(H2,25,30,31). The molecule has 3 aromatic rings. The Hall–Kier alpha value is -3.95. The number of sulfonamides is 1. The van der Waals surface area contributed by atoms with E-state index in [4.69, 9.17) is 9.88 Å². The molecule has 0 saturated carbocycles. The second-order valence-corrected chi connectivity index (χ2v) is 8.71. The fourth-order valence-corrected chi connectivity index (χ4v) is 3.44. The number of carbonyl (C=O) groups is 2. The number of carbonyl (C=O) groups excluding carboxylic acids is 2. The van der Waals surface area contributed by atoms with Crippen LogP contribution in [0.15, 0.2) is 83.4 Å². The molecule has 0 heterocycles. The third-order valence-electron chi connectivity index (χ3n) is 4.69. The summed E-state index contributed by atoms with van der Waals surface area (Å²) in [4.78, 5) is 25.7. The molecule has 0 aliphatic heterocycles. The van der Waals surface area contributed by atoms with Crippen LogP contribution in [-0.4, -0.2) is 27.3 Å². The molecule has 0 atom stereocenters. The molecule has 4 N–H and O–H groups in total. The van der Waals surface area contributed by atoms with E-state index in [9.17, 15) is 18.0 Å². The number of ether oxygens (including phenoxy) is 1. The summed E-state index contributed by atoms with van der Waals surface area (Å²) in [5.74, 6) is -0.550. The largest absolute Gasteiger partial charge is 0.496 e. The summed E-state index contributed by atoms with van der Waals surface area (Å²) >= 11 is 0. The molecular weight excluding hydrogens is 442 g/mol. The lowest BCUT2D eigenvalue weighted by molar-refractivity contribution is -0.113. The predicted molar refractivity (Wildman–Crippen MR) is 126 cm³/mol. The van der Waals surface area contributed by atoms with Crippen LogP contribution in [0.2, 0.25) is 0 Å². The first kappa shape index (κ1) is 23.7. The van der Waals surface area contributed by atoms with Crippen LogP contribution in [0.25, 0.3) is 6.08 Å². The quantitative estimate of drug-likeness (QED) is 0.462. The first-order valence-electron chi connectivity index (χ1n) is 9.84. The van der Waals surface area contributed by atoms with E-state index in [-0.39, 0.29) is 10.6 Å². The number of hydrogen-bond acceptors (Lipinski definition) is 5. The smallest absolute Gasteiger partial charge is 0.272 e. The van der Waals surface area contributed by atoms with Gasteiger partial charge in [0.2, 0.25) is 10.0 Å². The van der Waals surface area contributed by atoms with E-state index < -0.39 is 21.8 Å². The molecule has 0 spiro atoms. The molecular formula is C24H23N3O5S. The Morgan fingerprint density at radius 2 is 1.58 bits per heavy atom. The van der Waals surface area contributed by atoms with Crippen molar-refractivity contribution in [3.8, 4) is 5.75 Å². The Bertz CT molecular complexity index is 1300. The molecule has 170 valence electrons. The zero-order chi connectivity index (χ0) is 24.0. The number of benzene rings is 3. The Labute approximate surface area is 192 Å². The Balaban J connectivity index is 1.91. The van der Waals surface area contributed by atoms with E-state index in [2.05, 4.69) is 10.6 Å². The summed E-state index contributed by atoms with van der Waals surface area (Å²) in [5.41, 5.74) is 2.26. The Morgan fingerprint density at radius 3 is 2.18 bits per heavy atom. The summed E-state index contributed by atoms with van der Waals surface area (Å²) in [5, 5.41) is 10.4. The summed E-state index contributed by atoms with van der Waals surface area (Å²) in [6.07, 6.45) is 1.50. The van der Waals surface area contributed by atoms with Crippen molar-refractivity contribution in [3.63, 3.8) is 0 Å². The number of primary sulfonamides is 1. The highest BCUT2D eigenvalue weighted by molar-refractivity contribution is 7.89. The van der Waals surface area contributed by atoms with Crippen molar-refractivity contribution in [2.45, 2.75) is 11.8 Å². The van der Waals surface area contributed by atoms with Crippen molar-refractivity contribution in [1.29, 1.82) is 0 Å². The van der Waals surface area contributed by atoms with Crippen molar-refractivity contribution in [1.82, 2.24) is 5.32 Å². The maximum Gasteiger partial charge on any atom is 0.272 e. The van der Waals surface area contributed by atoms with Crippen LogP contribution in [0.1, 0.15) is 21.5 Å². The number of nitrogens with one attached hydrogen (secondary N) is 2. The van der Waals surface area contributed by atoms with Crippen LogP contribution in [0.5, 0.6) is 5.75 Å². The van der Waals surface area contributed by atoms with Gasteiger partial charge in [0.25, 0.3) is 11.8 Å². The van der Waals surface area contributed by atoms with E-state index in [0.29, 0.717) is 22.6 Å². The van der Waals surface area contributed by atoms with Crippen molar-refractivity contribution in [3.05, 3.63) is 95.2 Å². The second-order valence-electron chi connectivity index (χ2n) is 7.14. The van der Waals surface area contributed by atoms with Gasteiger partial charge in [0.05, 0.1) is 12.0 Å². The Kier molecular flexibility index (Phi) is 7.27. The van der Waals surface area contributed by atoms with Gasteiger partial charge in [-0.25, -0.2) is 13.6 Å². The van der Waals surface area contributed by atoms with Gasteiger partial charge in [-0.15, -0.1) is 0 Å². The molecule has 0 saturated heterocycles. The zero-order valence-electron chi connectivity index (χ0n) is 18.0. The van der Waals surface area contributed by atoms with Gasteiger partial charge < -0.3 is 15.4 Å². The summed E-state index contributed by atoms with van der Waals surface area (Å²) in [6, 6.07) is 19.3. The number of amides is 2. The van der Waals surface area contributed by atoms with E-state index >= 15 is 0 Å². The van der Waals surface area contributed by atoms with Gasteiger partial charge >= 0.3 is 0 Å². The lowest BCUT2D eigenvalue weighted by Gasteiger charge is -2.13. The van der Waals surface area contributed by atoms with Gasteiger partial charge in [-0.2, -0.15) is 0 Å². The molecule has 0 bridgehead atoms. The van der Waals surface area contributed by atoms with Crippen LogP contribution in [0.3, 0.4) is 0 Å². The minimum atomic E-state index is -3.86. The van der Waals surface area contributed by atoms with Gasteiger partial charge in [0.15, 0.2) is 0 Å². The first-order valence-corrected chi connectivity index (χ1v) is 11.4.